The van der Waals surface area contributed by atoms with E-state index in [1.165, 1.54) is 6.42 Å². The summed E-state index contributed by atoms with van der Waals surface area (Å²) < 4.78 is 0. The fourth-order valence-corrected chi connectivity index (χ4v) is 3.37. The molecule has 4 heteroatoms. The minimum atomic E-state index is 0.142. The molecule has 1 fully saturated rings. The fraction of sp³-hybridized carbons (Fsp3) is 0.381. The molecule has 132 valence electrons. The second kappa shape index (κ2) is 8.67. The minimum absolute atomic E-state index is 0.142. The molecule has 2 aromatic carbocycles. The summed E-state index contributed by atoms with van der Waals surface area (Å²) in [5.41, 5.74) is 2.73. The molecule has 1 aliphatic heterocycles. The lowest BCUT2D eigenvalue weighted by molar-refractivity contribution is 0.0687. The third kappa shape index (κ3) is 4.83. The normalized spacial score (nSPS) is 15.2. The quantitative estimate of drug-likeness (QED) is 0.840. The van der Waals surface area contributed by atoms with Crippen molar-refractivity contribution in [3.05, 3.63) is 60.2 Å². The zero-order chi connectivity index (χ0) is 17.5. The van der Waals surface area contributed by atoms with Crippen LogP contribution < -0.4 is 10.6 Å². The minimum Gasteiger partial charge on any atom is -0.356 e. The van der Waals surface area contributed by atoms with Crippen molar-refractivity contribution in [1.82, 2.24) is 10.2 Å². The molecule has 25 heavy (non-hydrogen) atoms. The largest absolute Gasteiger partial charge is 0.356 e. The summed E-state index contributed by atoms with van der Waals surface area (Å²) in [4.78, 5) is 14.8. The highest BCUT2D eigenvalue weighted by molar-refractivity contribution is 5.95. The van der Waals surface area contributed by atoms with Gasteiger partial charge >= 0.3 is 0 Å². The van der Waals surface area contributed by atoms with Gasteiger partial charge in [-0.25, -0.2) is 0 Å². The SMILES string of the molecule is CNCCC1CCN(C(=O)c2cccc(Nc3ccccc3)c2)CC1. The summed E-state index contributed by atoms with van der Waals surface area (Å²) in [5, 5.41) is 6.57. The number of nitrogens with zero attached hydrogens (tertiary/aromatic N) is 1. The number of nitrogens with one attached hydrogen (secondary N) is 2. The smallest absolute Gasteiger partial charge is 0.253 e. The second-order valence-electron chi connectivity index (χ2n) is 6.70. The fourth-order valence-electron chi connectivity index (χ4n) is 3.37. The number of hydrogen-bond donors (Lipinski definition) is 2. The van der Waals surface area contributed by atoms with Crippen molar-refractivity contribution in [3.8, 4) is 0 Å². The second-order valence-corrected chi connectivity index (χ2v) is 6.70. The summed E-state index contributed by atoms with van der Waals surface area (Å²) in [7, 11) is 2.00. The van der Waals surface area contributed by atoms with Crippen molar-refractivity contribution in [1.29, 1.82) is 0 Å². The summed E-state index contributed by atoms with van der Waals surface area (Å²) in [6, 6.07) is 17.8. The van der Waals surface area contributed by atoms with Crippen LogP contribution in [-0.4, -0.2) is 37.5 Å². The van der Waals surface area contributed by atoms with Crippen LogP contribution in [0.4, 0.5) is 11.4 Å². The maximum Gasteiger partial charge on any atom is 0.253 e. The van der Waals surface area contributed by atoms with Gasteiger partial charge < -0.3 is 15.5 Å². The van der Waals surface area contributed by atoms with E-state index < -0.39 is 0 Å². The van der Waals surface area contributed by atoms with Crippen LogP contribution in [0.2, 0.25) is 0 Å². The molecule has 1 heterocycles. The summed E-state index contributed by atoms with van der Waals surface area (Å²) in [6.07, 6.45) is 3.42. The van der Waals surface area contributed by atoms with Crippen molar-refractivity contribution < 1.29 is 4.79 Å². The van der Waals surface area contributed by atoms with Gasteiger partial charge in [-0.1, -0.05) is 24.3 Å². The highest BCUT2D eigenvalue weighted by atomic mass is 16.2. The molecule has 1 amide bonds. The van der Waals surface area contributed by atoms with Gasteiger partial charge in [-0.05, 0) is 69.1 Å². The first kappa shape index (κ1) is 17.5. The van der Waals surface area contributed by atoms with Crippen LogP contribution in [0.15, 0.2) is 54.6 Å². The predicted molar refractivity (Wildman–Crippen MR) is 103 cm³/mol. The van der Waals surface area contributed by atoms with Crippen LogP contribution in [0.25, 0.3) is 0 Å². The van der Waals surface area contributed by atoms with Crippen molar-refractivity contribution in [2.75, 3.05) is 32.0 Å². The Labute approximate surface area is 150 Å². The first-order valence-corrected chi connectivity index (χ1v) is 9.12. The molecule has 0 unspecified atom stereocenters. The van der Waals surface area contributed by atoms with Gasteiger partial charge in [0, 0.05) is 30.0 Å². The van der Waals surface area contributed by atoms with Crippen molar-refractivity contribution >= 4 is 17.3 Å². The van der Waals surface area contributed by atoms with Crippen LogP contribution >= 0.6 is 0 Å². The van der Waals surface area contributed by atoms with Gasteiger partial charge in [0.25, 0.3) is 5.91 Å². The van der Waals surface area contributed by atoms with E-state index in [4.69, 9.17) is 0 Å². The summed E-state index contributed by atoms with van der Waals surface area (Å²) in [5.74, 6) is 0.881. The number of carbonyl (C=O) groups excluding carboxylic acids is 1. The molecule has 0 radical (unpaired) electrons. The van der Waals surface area contributed by atoms with Gasteiger partial charge in [0.1, 0.15) is 0 Å². The number of amides is 1. The number of piperidine rings is 1. The Balaban J connectivity index is 1.60. The Morgan fingerprint density at radius 1 is 1.04 bits per heavy atom. The lowest BCUT2D eigenvalue weighted by atomic mass is 9.93. The maximum atomic E-state index is 12.8. The van der Waals surface area contributed by atoms with Gasteiger partial charge in [-0.15, -0.1) is 0 Å². The molecule has 0 bridgehead atoms. The van der Waals surface area contributed by atoms with E-state index in [1.54, 1.807) is 0 Å². The van der Waals surface area contributed by atoms with Gasteiger partial charge in [0.2, 0.25) is 0 Å². The molecular formula is C21H27N3O. The zero-order valence-electron chi connectivity index (χ0n) is 14.9. The first-order valence-electron chi connectivity index (χ1n) is 9.12. The maximum absolute atomic E-state index is 12.8. The first-order chi connectivity index (χ1) is 12.3. The van der Waals surface area contributed by atoms with Gasteiger partial charge in [-0.2, -0.15) is 0 Å². The zero-order valence-corrected chi connectivity index (χ0v) is 14.9. The summed E-state index contributed by atoms with van der Waals surface area (Å²) in [6.45, 7) is 2.79. The van der Waals surface area contributed by atoms with Crippen LogP contribution in [0.3, 0.4) is 0 Å². The van der Waals surface area contributed by atoms with Gasteiger partial charge in [0.15, 0.2) is 0 Å². The molecule has 1 aliphatic rings. The Morgan fingerprint density at radius 3 is 2.48 bits per heavy atom. The Morgan fingerprint density at radius 2 is 1.76 bits per heavy atom. The van der Waals surface area contributed by atoms with Crippen molar-refractivity contribution in [3.63, 3.8) is 0 Å². The Kier molecular flexibility index (Phi) is 6.07. The molecule has 4 nitrogen and oxygen atoms in total. The lowest BCUT2D eigenvalue weighted by Gasteiger charge is -2.32. The molecule has 0 aliphatic carbocycles. The lowest BCUT2D eigenvalue weighted by Crippen LogP contribution is -2.38. The molecule has 2 aromatic rings. The number of carbonyl (C=O) groups is 1. The molecule has 0 atom stereocenters. The van der Waals surface area contributed by atoms with Gasteiger partial charge in [0.05, 0.1) is 0 Å². The average molecular weight is 337 g/mol. The van der Waals surface area contributed by atoms with E-state index in [0.29, 0.717) is 0 Å². The van der Waals surface area contributed by atoms with Crippen LogP contribution in [0, 0.1) is 5.92 Å². The van der Waals surface area contributed by atoms with E-state index in [2.05, 4.69) is 10.6 Å². The predicted octanol–water partition coefficient (Wildman–Crippen LogP) is 3.89. The van der Waals surface area contributed by atoms with E-state index >= 15 is 0 Å². The number of anilines is 2. The van der Waals surface area contributed by atoms with Crippen LogP contribution in [0.5, 0.6) is 0 Å². The van der Waals surface area contributed by atoms with Crippen LogP contribution in [0.1, 0.15) is 29.6 Å². The Bertz CT molecular complexity index is 679. The average Bonchev–Trinajstić information content (AvgIpc) is 2.67. The number of likely N-dealkylation sites (tertiary alicyclic amines) is 1. The molecule has 0 aromatic heterocycles. The number of hydrogen-bond acceptors (Lipinski definition) is 3. The number of para-hydroxylation sites is 1. The number of benzene rings is 2. The highest BCUT2D eigenvalue weighted by Gasteiger charge is 2.23. The highest BCUT2D eigenvalue weighted by Crippen LogP contribution is 2.23. The summed E-state index contributed by atoms with van der Waals surface area (Å²) >= 11 is 0. The van der Waals surface area contributed by atoms with Crippen molar-refractivity contribution in [2.45, 2.75) is 19.3 Å². The molecule has 0 saturated carbocycles. The van der Waals surface area contributed by atoms with E-state index in [0.717, 1.165) is 55.3 Å². The molecule has 0 spiro atoms. The standard InChI is InChI=1S/C21H27N3O/c1-22-13-10-17-11-14-24(15-12-17)21(25)18-6-5-9-20(16-18)23-19-7-3-2-4-8-19/h2-9,16-17,22-23H,10-15H2,1H3. The molecule has 2 N–H and O–H groups in total. The Hall–Kier alpha value is -2.33. The topological polar surface area (TPSA) is 44.4 Å². The molecule has 3 rings (SSSR count). The third-order valence-corrected chi connectivity index (χ3v) is 4.88. The third-order valence-electron chi connectivity index (χ3n) is 4.88. The van der Waals surface area contributed by atoms with Crippen LogP contribution in [-0.2, 0) is 0 Å². The van der Waals surface area contributed by atoms with E-state index in [9.17, 15) is 4.79 Å². The molecular weight excluding hydrogens is 310 g/mol. The van der Waals surface area contributed by atoms with E-state index in [-0.39, 0.29) is 5.91 Å². The van der Waals surface area contributed by atoms with Gasteiger partial charge in [-0.3, -0.25) is 4.79 Å². The number of rotatable bonds is 6. The van der Waals surface area contributed by atoms with E-state index in [1.807, 2.05) is 66.5 Å². The molecule has 1 saturated heterocycles. The van der Waals surface area contributed by atoms with Crippen molar-refractivity contribution in [2.24, 2.45) is 5.92 Å². The monoisotopic (exact) mass is 337 g/mol.